The van der Waals surface area contributed by atoms with Gasteiger partial charge in [-0.05, 0) is 37.0 Å². The lowest BCUT2D eigenvalue weighted by Gasteiger charge is -2.18. The van der Waals surface area contributed by atoms with E-state index in [1.165, 1.54) is 0 Å². The third-order valence-electron chi connectivity index (χ3n) is 3.12. The molecule has 1 rings (SSSR count). The van der Waals surface area contributed by atoms with Crippen LogP contribution >= 0.6 is 0 Å². The van der Waals surface area contributed by atoms with Gasteiger partial charge in [-0.25, -0.2) is 13.1 Å². The van der Waals surface area contributed by atoms with Crippen molar-refractivity contribution in [1.29, 1.82) is 0 Å². The van der Waals surface area contributed by atoms with Crippen LogP contribution < -0.4 is 10.5 Å². The van der Waals surface area contributed by atoms with Crippen LogP contribution in [0, 0.1) is 12.8 Å². The van der Waals surface area contributed by atoms with E-state index in [4.69, 9.17) is 5.73 Å². The van der Waals surface area contributed by atoms with Crippen molar-refractivity contribution in [3.05, 3.63) is 29.3 Å². The summed E-state index contributed by atoms with van der Waals surface area (Å²) in [6.07, 6.45) is 0. The molecule has 5 heteroatoms. The van der Waals surface area contributed by atoms with Crippen molar-refractivity contribution in [3.63, 3.8) is 0 Å². The van der Waals surface area contributed by atoms with Gasteiger partial charge in [-0.15, -0.1) is 0 Å². The Kier molecular flexibility index (Phi) is 4.90. The predicted molar refractivity (Wildman–Crippen MR) is 73.7 cm³/mol. The monoisotopic (exact) mass is 270 g/mol. The van der Waals surface area contributed by atoms with Gasteiger partial charge < -0.3 is 5.73 Å². The highest BCUT2D eigenvalue weighted by atomic mass is 32.2. The molecule has 1 aromatic rings. The van der Waals surface area contributed by atoms with Crippen LogP contribution in [0.1, 0.15) is 31.9 Å². The fourth-order valence-corrected chi connectivity index (χ4v) is 3.19. The number of hydrogen-bond acceptors (Lipinski definition) is 3. The zero-order valence-electron chi connectivity index (χ0n) is 11.4. The Balaban J connectivity index is 3.12. The van der Waals surface area contributed by atoms with Crippen LogP contribution in [0.15, 0.2) is 23.1 Å². The molecule has 0 heterocycles. The van der Waals surface area contributed by atoms with Crippen LogP contribution in [0.5, 0.6) is 0 Å². The second-order valence-electron chi connectivity index (χ2n) is 4.96. The second-order valence-corrected chi connectivity index (χ2v) is 6.64. The first-order chi connectivity index (χ1) is 8.27. The largest absolute Gasteiger partial charge is 0.326 e. The fraction of sp³-hybridized carbons (Fsp3) is 0.538. The maximum absolute atomic E-state index is 12.3. The predicted octanol–water partition coefficient (Wildman–Crippen LogP) is 1.78. The number of benzene rings is 1. The first-order valence-electron chi connectivity index (χ1n) is 6.10. The highest BCUT2D eigenvalue weighted by Gasteiger charge is 2.21. The number of hydrogen-bond donors (Lipinski definition) is 2. The third kappa shape index (κ3) is 3.54. The van der Waals surface area contributed by atoms with E-state index < -0.39 is 10.0 Å². The second kappa shape index (κ2) is 5.82. The van der Waals surface area contributed by atoms with Crippen LogP contribution in [0.3, 0.4) is 0 Å². The lowest BCUT2D eigenvalue weighted by Crippen LogP contribution is -2.36. The van der Waals surface area contributed by atoms with Gasteiger partial charge in [-0.2, -0.15) is 0 Å². The van der Waals surface area contributed by atoms with Gasteiger partial charge in [-0.3, -0.25) is 0 Å². The average Bonchev–Trinajstić information content (AvgIpc) is 2.28. The molecule has 0 saturated heterocycles. The highest BCUT2D eigenvalue weighted by Crippen LogP contribution is 2.18. The summed E-state index contributed by atoms with van der Waals surface area (Å²) in [5, 5.41) is 0. The molecule has 1 atom stereocenters. The zero-order valence-corrected chi connectivity index (χ0v) is 12.2. The quantitative estimate of drug-likeness (QED) is 0.856. The summed E-state index contributed by atoms with van der Waals surface area (Å²) in [7, 11) is -3.47. The molecule has 102 valence electrons. The summed E-state index contributed by atoms with van der Waals surface area (Å²) in [5.41, 5.74) is 7.10. The Morgan fingerprint density at radius 3 is 2.39 bits per heavy atom. The van der Waals surface area contributed by atoms with Gasteiger partial charge in [0, 0.05) is 12.6 Å². The van der Waals surface area contributed by atoms with Crippen LogP contribution in [-0.2, 0) is 16.6 Å². The minimum atomic E-state index is -3.47. The van der Waals surface area contributed by atoms with E-state index in [0.29, 0.717) is 11.4 Å². The molecule has 0 aliphatic carbocycles. The first kappa shape index (κ1) is 15.1. The summed E-state index contributed by atoms with van der Waals surface area (Å²) in [5.74, 6) is 0.248. The van der Waals surface area contributed by atoms with Gasteiger partial charge in [0.2, 0.25) is 10.0 Å². The standard InChI is InChI=1S/C13H22N2O2S/c1-9(2)11(4)15-18(16,17)13-7-12(8-14)6-5-10(13)3/h5-7,9,11,15H,8,14H2,1-4H3. The molecular weight excluding hydrogens is 248 g/mol. The molecular formula is C13H22N2O2S. The Hall–Kier alpha value is -0.910. The summed E-state index contributed by atoms with van der Waals surface area (Å²) in [6, 6.07) is 5.18. The lowest BCUT2D eigenvalue weighted by atomic mass is 10.1. The topological polar surface area (TPSA) is 72.2 Å². The molecule has 0 amide bonds. The van der Waals surface area contributed by atoms with Gasteiger partial charge in [0.05, 0.1) is 4.90 Å². The molecule has 0 spiro atoms. The van der Waals surface area contributed by atoms with Gasteiger partial charge >= 0.3 is 0 Å². The maximum Gasteiger partial charge on any atom is 0.241 e. The Labute approximate surface area is 110 Å². The van der Waals surface area contributed by atoms with Crippen LogP contribution in [0.4, 0.5) is 0 Å². The molecule has 1 unspecified atom stereocenters. The third-order valence-corrected chi connectivity index (χ3v) is 4.82. The normalized spacial score (nSPS) is 13.9. The van der Waals surface area contributed by atoms with Crippen LogP contribution in [0.2, 0.25) is 0 Å². The van der Waals surface area contributed by atoms with Crippen molar-refractivity contribution < 1.29 is 8.42 Å². The Bertz CT molecular complexity index is 510. The van der Waals surface area contributed by atoms with Gasteiger partial charge in [0.15, 0.2) is 0 Å². The minimum Gasteiger partial charge on any atom is -0.326 e. The van der Waals surface area contributed by atoms with Gasteiger partial charge in [-0.1, -0.05) is 26.0 Å². The smallest absolute Gasteiger partial charge is 0.241 e. The molecule has 4 nitrogen and oxygen atoms in total. The lowest BCUT2D eigenvalue weighted by molar-refractivity contribution is 0.476. The van der Waals surface area contributed by atoms with Crippen molar-refractivity contribution in [3.8, 4) is 0 Å². The minimum absolute atomic E-state index is 0.101. The molecule has 0 aliphatic heterocycles. The van der Waals surface area contributed by atoms with E-state index in [1.807, 2.05) is 26.8 Å². The van der Waals surface area contributed by atoms with E-state index in [2.05, 4.69) is 4.72 Å². The highest BCUT2D eigenvalue weighted by molar-refractivity contribution is 7.89. The van der Waals surface area contributed by atoms with Crippen molar-refractivity contribution in [2.75, 3.05) is 0 Å². The first-order valence-corrected chi connectivity index (χ1v) is 7.58. The summed E-state index contributed by atoms with van der Waals surface area (Å²) in [6.45, 7) is 7.95. The fourth-order valence-electron chi connectivity index (χ4n) is 1.51. The molecule has 0 bridgehead atoms. The van der Waals surface area contributed by atoms with E-state index in [1.54, 1.807) is 19.1 Å². The van der Waals surface area contributed by atoms with E-state index in [0.717, 1.165) is 11.1 Å². The van der Waals surface area contributed by atoms with Crippen molar-refractivity contribution in [2.45, 2.75) is 45.2 Å². The van der Waals surface area contributed by atoms with Crippen LogP contribution in [-0.4, -0.2) is 14.5 Å². The molecule has 3 N–H and O–H groups in total. The molecule has 0 saturated carbocycles. The SMILES string of the molecule is Cc1ccc(CN)cc1S(=O)(=O)NC(C)C(C)C. The molecule has 0 aromatic heterocycles. The molecule has 0 aliphatic rings. The summed E-state index contributed by atoms with van der Waals surface area (Å²) < 4.78 is 27.3. The van der Waals surface area contributed by atoms with E-state index >= 15 is 0 Å². The van der Waals surface area contributed by atoms with Crippen molar-refractivity contribution in [1.82, 2.24) is 4.72 Å². The number of nitrogens with one attached hydrogen (secondary N) is 1. The maximum atomic E-state index is 12.3. The molecule has 0 fully saturated rings. The molecule has 18 heavy (non-hydrogen) atoms. The summed E-state index contributed by atoms with van der Waals surface area (Å²) in [4.78, 5) is 0.318. The molecule has 1 aromatic carbocycles. The van der Waals surface area contributed by atoms with Crippen molar-refractivity contribution in [2.24, 2.45) is 11.7 Å². The summed E-state index contributed by atoms with van der Waals surface area (Å²) >= 11 is 0. The Morgan fingerprint density at radius 2 is 1.89 bits per heavy atom. The number of sulfonamides is 1. The van der Waals surface area contributed by atoms with E-state index in [9.17, 15) is 8.42 Å². The van der Waals surface area contributed by atoms with Gasteiger partial charge in [0.25, 0.3) is 0 Å². The zero-order chi connectivity index (χ0) is 13.9. The van der Waals surface area contributed by atoms with Crippen molar-refractivity contribution >= 4 is 10.0 Å². The van der Waals surface area contributed by atoms with Gasteiger partial charge in [0.1, 0.15) is 0 Å². The average molecular weight is 270 g/mol. The van der Waals surface area contributed by atoms with Crippen LogP contribution in [0.25, 0.3) is 0 Å². The number of nitrogens with two attached hydrogens (primary N) is 1. The number of aryl methyl sites for hydroxylation is 1. The number of rotatable bonds is 5. The van der Waals surface area contributed by atoms with E-state index in [-0.39, 0.29) is 12.0 Å². The molecule has 0 radical (unpaired) electrons. The Morgan fingerprint density at radius 1 is 1.28 bits per heavy atom.